The molecule has 0 aliphatic carbocycles. The van der Waals surface area contributed by atoms with Crippen LogP contribution in [0.2, 0.25) is 0 Å². The lowest BCUT2D eigenvalue weighted by Crippen LogP contribution is -2.35. The second-order valence-corrected chi connectivity index (χ2v) is 5.20. The molecule has 1 aliphatic heterocycles. The molecule has 1 heterocycles. The zero-order valence-electron chi connectivity index (χ0n) is 11.6. The summed E-state index contributed by atoms with van der Waals surface area (Å²) in [7, 11) is 0. The Bertz CT molecular complexity index is 343. The molecule has 0 radical (unpaired) electrons. The molecule has 0 atom stereocenters. The van der Waals surface area contributed by atoms with E-state index in [-0.39, 0.29) is 0 Å². The summed E-state index contributed by atoms with van der Waals surface area (Å²) in [5, 5.41) is 3.58. The van der Waals surface area contributed by atoms with Crippen LogP contribution >= 0.6 is 0 Å². The minimum absolute atomic E-state index is 1.01. The smallest absolute Gasteiger partial charge is 0.0208 e. The average molecular weight is 246 g/mol. The van der Waals surface area contributed by atoms with Crippen molar-refractivity contribution in [1.29, 1.82) is 0 Å². The SMILES string of the molecule is CCc1ccccc1CNCCN1CCCCC1. The molecule has 100 valence electrons. The molecule has 1 N–H and O–H groups in total. The van der Waals surface area contributed by atoms with Crippen molar-refractivity contribution < 1.29 is 0 Å². The molecule has 0 spiro atoms. The summed E-state index contributed by atoms with van der Waals surface area (Å²) in [4.78, 5) is 2.59. The fourth-order valence-electron chi connectivity index (χ4n) is 2.72. The fourth-order valence-corrected chi connectivity index (χ4v) is 2.72. The average Bonchev–Trinajstić information content (AvgIpc) is 2.45. The highest BCUT2D eigenvalue weighted by molar-refractivity contribution is 5.26. The van der Waals surface area contributed by atoms with Crippen LogP contribution in [0, 0.1) is 0 Å². The third kappa shape index (κ3) is 4.11. The van der Waals surface area contributed by atoms with Crippen molar-refractivity contribution in [2.24, 2.45) is 0 Å². The van der Waals surface area contributed by atoms with Crippen LogP contribution in [0.1, 0.15) is 37.3 Å². The van der Waals surface area contributed by atoms with Crippen molar-refractivity contribution in [3.63, 3.8) is 0 Å². The van der Waals surface area contributed by atoms with E-state index >= 15 is 0 Å². The van der Waals surface area contributed by atoms with Crippen molar-refractivity contribution in [3.05, 3.63) is 35.4 Å². The van der Waals surface area contributed by atoms with Gasteiger partial charge < -0.3 is 10.2 Å². The summed E-state index contributed by atoms with van der Waals surface area (Å²) in [6, 6.07) is 8.76. The molecule has 18 heavy (non-hydrogen) atoms. The third-order valence-electron chi connectivity index (χ3n) is 3.87. The largest absolute Gasteiger partial charge is 0.311 e. The number of likely N-dealkylation sites (tertiary alicyclic amines) is 1. The molecule has 2 heteroatoms. The molecule has 1 saturated heterocycles. The molecule has 2 rings (SSSR count). The van der Waals surface area contributed by atoms with Crippen LogP contribution in [0.15, 0.2) is 24.3 Å². The molecule has 1 aromatic carbocycles. The Hall–Kier alpha value is -0.860. The normalized spacial score (nSPS) is 16.9. The Balaban J connectivity index is 1.68. The Kier molecular flexibility index (Phi) is 5.69. The minimum atomic E-state index is 1.01. The van der Waals surface area contributed by atoms with Gasteiger partial charge in [-0.05, 0) is 43.5 Å². The number of hydrogen-bond acceptors (Lipinski definition) is 2. The summed E-state index contributed by atoms with van der Waals surface area (Å²) in [5.74, 6) is 0. The highest BCUT2D eigenvalue weighted by atomic mass is 15.1. The molecule has 1 aliphatic rings. The Labute approximate surface area is 111 Å². The van der Waals surface area contributed by atoms with Crippen LogP contribution in [-0.2, 0) is 13.0 Å². The van der Waals surface area contributed by atoms with Gasteiger partial charge in [0.05, 0.1) is 0 Å². The highest BCUT2D eigenvalue weighted by Crippen LogP contribution is 2.09. The van der Waals surface area contributed by atoms with E-state index in [1.807, 2.05) is 0 Å². The van der Waals surface area contributed by atoms with E-state index in [0.29, 0.717) is 0 Å². The molecule has 0 amide bonds. The van der Waals surface area contributed by atoms with Gasteiger partial charge in [-0.2, -0.15) is 0 Å². The summed E-state index contributed by atoms with van der Waals surface area (Å²) < 4.78 is 0. The first-order valence-electron chi connectivity index (χ1n) is 7.40. The molecule has 1 fully saturated rings. The summed E-state index contributed by atoms with van der Waals surface area (Å²) in [6.07, 6.45) is 5.33. The van der Waals surface area contributed by atoms with Crippen LogP contribution < -0.4 is 5.32 Å². The van der Waals surface area contributed by atoms with Gasteiger partial charge in [-0.15, -0.1) is 0 Å². The van der Waals surface area contributed by atoms with Crippen molar-refractivity contribution in [3.8, 4) is 0 Å². The van der Waals surface area contributed by atoms with E-state index in [2.05, 4.69) is 41.4 Å². The number of nitrogens with zero attached hydrogens (tertiary/aromatic N) is 1. The van der Waals surface area contributed by atoms with Gasteiger partial charge in [0.25, 0.3) is 0 Å². The van der Waals surface area contributed by atoms with Gasteiger partial charge in [0.2, 0.25) is 0 Å². The van der Waals surface area contributed by atoms with Crippen LogP contribution in [-0.4, -0.2) is 31.1 Å². The van der Waals surface area contributed by atoms with Crippen molar-refractivity contribution in [2.75, 3.05) is 26.2 Å². The Morgan fingerprint density at radius 2 is 1.78 bits per heavy atom. The van der Waals surface area contributed by atoms with Crippen LogP contribution in [0.4, 0.5) is 0 Å². The van der Waals surface area contributed by atoms with Crippen molar-refractivity contribution >= 4 is 0 Å². The van der Waals surface area contributed by atoms with Crippen molar-refractivity contribution in [1.82, 2.24) is 10.2 Å². The number of nitrogens with one attached hydrogen (secondary N) is 1. The van der Waals surface area contributed by atoms with Gasteiger partial charge in [0.1, 0.15) is 0 Å². The molecule has 0 unspecified atom stereocenters. The van der Waals surface area contributed by atoms with E-state index in [1.165, 1.54) is 50.0 Å². The fraction of sp³-hybridized carbons (Fsp3) is 0.625. The van der Waals surface area contributed by atoms with E-state index < -0.39 is 0 Å². The summed E-state index contributed by atoms with van der Waals surface area (Å²) in [6.45, 7) is 8.15. The van der Waals surface area contributed by atoms with Gasteiger partial charge in [0.15, 0.2) is 0 Å². The number of aryl methyl sites for hydroxylation is 1. The summed E-state index contributed by atoms with van der Waals surface area (Å²) in [5.41, 5.74) is 2.93. The van der Waals surface area contributed by atoms with E-state index in [9.17, 15) is 0 Å². The quantitative estimate of drug-likeness (QED) is 0.777. The lowest BCUT2D eigenvalue weighted by Gasteiger charge is -2.26. The van der Waals surface area contributed by atoms with Gasteiger partial charge >= 0.3 is 0 Å². The number of benzene rings is 1. The highest BCUT2D eigenvalue weighted by Gasteiger charge is 2.08. The Morgan fingerprint density at radius 1 is 1.06 bits per heavy atom. The molecule has 0 saturated carbocycles. The predicted octanol–water partition coefficient (Wildman–Crippen LogP) is 2.82. The minimum Gasteiger partial charge on any atom is -0.311 e. The first kappa shape index (κ1) is 13.6. The van der Waals surface area contributed by atoms with Gasteiger partial charge in [-0.3, -0.25) is 0 Å². The second kappa shape index (κ2) is 7.55. The predicted molar refractivity (Wildman–Crippen MR) is 77.8 cm³/mol. The maximum absolute atomic E-state index is 3.58. The second-order valence-electron chi connectivity index (χ2n) is 5.20. The lowest BCUT2D eigenvalue weighted by molar-refractivity contribution is 0.229. The molecule has 0 aromatic heterocycles. The van der Waals surface area contributed by atoms with Gasteiger partial charge in [0, 0.05) is 19.6 Å². The standard InChI is InChI=1S/C16H26N2/c1-2-15-8-4-5-9-16(15)14-17-10-13-18-11-6-3-7-12-18/h4-5,8-9,17H,2-3,6-7,10-14H2,1H3. The first-order chi connectivity index (χ1) is 8.90. The maximum Gasteiger partial charge on any atom is 0.0208 e. The Morgan fingerprint density at radius 3 is 2.50 bits per heavy atom. The molecular weight excluding hydrogens is 220 g/mol. The zero-order valence-corrected chi connectivity index (χ0v) is 11.6. The molecule has 1 aromatic rings. The topological polar surface area (TPSA) is 15.3 Å². The first-order valence-corrected chi connectivity index (χ1v) is 7.40. The van der Waals surface area contributed by atoms with Gasteiger partial charge in [-0.25, -0.2) is 0 Å². The zero-order chi connectivity index (χ0) is 12.6. The third-order valence-corrected chi connectivity index (χ3v) is 3.87. The lowest BCUT2D eigenvalue weighted by atomic mass is 10.1. The summed E-state index contributed by atoms with van der Waals surface area (Å²) >= 11 is 0. The number of hydrogen-bond donors (Lipinski definition) is 1. The maximum atomic E-state index is 3.58. The van der Waals surface area contributed by atoms with Crippen LogP contribution in [0.3, 0.4) is 0 Å². The monoisotopic (exact) mass is 246 g/mol. The van der Waals surface area contributed by atoms with Crippen LogP contribution in [0.25, 0.3) is 0 Å². The number of rotatable bonds is 6. The van der Waals surface area contributed by atoms with Crippen LogP contribution in [0.5, 0.6) is 0 Å². The van der Waals surface area contributed by atoms with E-state index in [1.54, 1.807) is 0 Å². The van der Waals surface area contributed by atoms with E-state index in [4.69, 9.17) is 0 Å². The van der Waals surface area contributed by atoms with Gasteiger partial charge in [-0.1, -0.05) is 37.6 Å². The molecule has 2 nitrogen and oxygen atoms in total. The van der Waals surface area contributed by atoms with E-state index in [0.717, 1.165) is 19.5 Å². The van der Waals surface area contributed by atoms with Crippen molar-refractivity contribution in [2.45, 2.75) is 39.2 Å². The molecular formula is C16H26N2. The number of piperidine rings is 1. The molecule has 0 bridgehead atoms.